The average molecular weight is 265 g/mol. The fourth-order valence-electron chi connectivity index (χ4n) is 2.99. The molecule has 0 bridgehead atoms. The minimum atomic E-state index is 0.000735. The molecule has 2 nitrogen and oxygen atoms in total. The maximum absolute atomic E-state index is 12.3. The summed E-state index contributed by atoms with van der Waals surface area (Å²) in [4.78, 5) is 16.4. The van der Waals surface area contributed by atoms with Crippen molar-refractivity contribution in [1.82, 2.24) is 4.98 Å². The van der Waals surface area contributed by atoms with E-state index in [0.29, 0.717) is 11.6 Å². The first-order valence-corrected chi connectivity index (χ1v) is 7.40. The van der Waals surface area contributed by atoms with E-state index in [-0.39, 0.29) is 5.78 Å². The molecule has 1 aliphatic rings. The van der Waals surface area contributed by atoms with E-state index in [1.54, 1.807) is 12.3 Å². The summed E-state index contributed by atoms with van der Waals surface area (Å²) in [5, 5.41) is 0. The third-order valence-electron chi connectivity index (χ3n) is 4.15. The molecule has 1 saturated carbocycles. The summed E-state index contributed by atoms with van der Waals surface area (Å²) in [7, 11) is 0. The van der Waals surface area contributed by atoms with Crippen LogP contribution in [0.1, 0.15) is 59.6 Å². The second kappa shape index (κ2) is 6.00. The summed E-state index contributed by atoms with van der Waals surface area (Å²) in [6.07, 6.45) is 8.26. The summed E-state index contributed by atoms with van der Waals surface area (Å²) in [5.41, 5.74) is 2.61. The van der Waals surface area contributed by atoms with Gasteiger partial charge in [-0.25, -0.2) is 0 Å². The fourth-order valence-corrected chi connectivity index (χ4v) is 2.99. The molecule has 0 N–H and O–H groups in total. The van der Waals surface area contributed by atoms with Gasteiger partial charge in [-0.05, 0) is 36.5 Å². The van der Waals surface area contributed by atoms with Gasteiger partial charge in [-0.3, -0.25) is 9.78 Å². The van der Waals surface area contributed by atoms with Gasteiger partial charge in [-0.1, -0.05) is 49.6 Å². The zero-order valence-corrected chi connectivity index (χ0v) is 11.6. The van der Waals surface area contributed by atoms with Crippen molar-refractivity contribution < 1.29 is 4.79 Å². The van der Waals surface area contributed by atoms with Gasteiger partial charge in [0.05, 0.1) is 0 Å². The van der Waals surface area contributed by atoms with Gasteiger partial charge >= 0.3 is 0 Å². The third-order valence-corrected chi connectivity index (χ3v) is 4.15. The van der Waals surface area contributed by atoms with Gasteiger partial charge in [0.1, 0.15) is 5.69 Å². The molecule has 0 spiro atoms. The number of rotatable bonds is 3. The van der Waals surface area contributed by atoms with Crippen LogP contribution in [0.5, 0.6) is 0 Å². The van der Waals surface area contributed by atoms with Crippen LogP contribution in [-0.4, -0.2) is 10.8 Å². The Labute approximate surface area is 119 Å². The average Bonchev–Trinajstić information content (AvgIpc) is 2.56. The lowest BCUT2D eigenvalue weighted by Crippen LogP contribution is -2.06. The molecule has 1 heterocycles. The monoisotopic (exact) mass is 265 g/mol. The summed E-state index contributed by atoms with van der Waals surface area (Å²) in [5.74, 6) is 0.684. The Morgan fingerprint density at radius 1 is 0.950 bits per heavy atom. The SMILES string of the molecule is O=C(c1ccc(C2CCCCC2)cc1)c1ccccn1. The summed E-state index contributed by atoms with van der Waals surface area (Å²) < 4.78 is 0. The van der Waals surface area contributed by atoms with E-state index in [1.165, 1.54) is 37.7 Å². The molecule has 1 fully saturated rings. The van der Waals surface area contributed by atoms with Crippen molar-refractivity contribution in [2.75, 3.05) is 0 Å². The van der Waals surface area contributed by atoms with Crippen LogP contribution < -0.4 is 0 Å². The number of pyridine rings is 1. The molecule has 0 radical (unpaired) electrons. The number of ketones is 1. The maximum atomic E-state index is 12.3. The minimum absolute atomic E-state index is 0.000735. The number of carbonyl (C=O) groups is 1. The smallest absolute Gasteiger partial charge is 0.211 e. The maximum Gasteiger partial charge on any atom is 0.211 e. The van der Waals surface area contributed by atoms with Crippen molar-refractivity contribution in [3.63, 3.8) is 0 Å². The van der Waals surface area contributed by atoms with Gasteiger partial charge in [0, 0.05) is 11.8 Å². The van der Waals surface area contributed by atoms with Crippen LogP contribution >= 0.6 is 0 Å². The molecule has 1 aromatic carbocycles. The minimum Gasteiger partial charge on any atom is -0.287 e. The van der Waals surface area contributed by atoms with Gasteiger partial charge in [0.25, 0.3) is 0 Å². The Bertz CT molecular complexity index is 568. The van der Waals surface area contributed by atoms with Crippen LogP contribution in [0.3, 0.4) is 0 Å². The van der Waals surface area contributed by atoms with Gasteiger partial charge in [-0.2, -0.15) is 0 Å². The van der Waals surface area contributed by atoms with Gasteiger partial charge < -0.3 is 0 Å². The second-order valence-corrected chi connectivity index (χ2v) is 5.50. The van der Waals surface area contributed by atoms with Crippen LogP contribution in [0.4, 0.5) is 0 Å². The van der Waals surface area contributed by atoms with E-state index >= 15 is 0 Å². The highest BCUT2D eigenvalue weighted by Crippen LogP contribution is 2.32. The molecule has 0 aliphatic heterocycles. The van der Waals surface area contributed by atoms with Crippen LogP contribution in [0.25, 0.3) is 0 Å². The number of benzene rings is 1. The van der Waals surface area contributed by atoms with Crippen LogP contribution in [0, 0.1) is 0 Å². The van der Waals surface area contributed by atoms with E-state index in [0.717, 1.165) is 5.56 Å². The highest BCUT2D eigenvalue weighted by atomic mass is 16.1. The molecule has 3 rings (SSSR count). The third kappa shape index (κ3) is 2.79. The van der Waals surface area contributed by atoms with Crippen molar-refractivity contribution >= 4 is 5.78 Å². The zero-order chi connectivity index (χ0) is 13.8. The van der Waals surface area contributed by atoms with E-state index < -0.39 is 0 Å². The fraction of sp³-hybridized carbons (Fsp3) is 0.333. The first kappa shape index (κ1) is 13.0. The largest absolute Gasteiger partial charge is 0.287 e. The van der Waals surface area contributed by atoms with Crippen molar-refractivity contribution in [1.29, 1.82) is 0 Å². The lowest BCUT2D eigenvalue weighted by atomic mass is 9.84. The predicted molar refractivity (Wildman–Crippen MR) is 79.9 cm³/mol. The highest BCUT2D eigenvalue weighted by molar-refractivity contribution is 6.07. The van der Waals surface area contributed by atoms with Crippen molar-refractivity contribution in [3.8, 4) is 0 Å². The van der Waals surface area contributed by atoms with Crippen LogP contribution in [0.15, 0.2) is 48.7 Å². The highest BCUT2D eigenvalue weighted by Gasteiger charge is 2.16. The van der Waals surface area contributed by atoms with Crippen molar-refractivity contribution in [2.24, 2.45) is 0 Å². The van der Waals surface area contributed by atoms with E-state index in [9.17, 15) is 4.79 Å². The Hall–Kier alpha value is -1.96. The number of hydrogen-bond donors (Lipinski definition) is 0. The van der Waals surface area contributed by atoms with Gasteiger partial charge in [0.15, 0.2) is 0 Å². The topological polar surface area (TPSA) is 30.0 Å². The quantitative estimate of drug-likeness (QED) is 0.772. The summed E-state index contributed by atoms with van der Waals surface area (Å²) in [6.45, 7) is 0. The summed E-state index contributed by atoms with van der Waals surface area (Å²) >= 11 is 0. The molecule has 2 aromatic rings. The molecule has 0 amide bonds. The van der Waals surface area contributed by atoms with E-state index in [2.05, 4.69) is 17.1 Å². The Balaban J connectivity index is 1.77. The molecule has 0 unspecified atom stereocenters. The predicted octanol–water partition coefficient (Wildman–Crippen LogP) is 4.36. The molecule has 2 heteroatoms. The Morgan fingerprint density at radius 3 is 2.35 bits per heavy atom. The zero-order valence-electron chi connectivity index (χ0n) is 11.6. The standard InChI is InChI=1S/C18H19NO/c20-18(17-8-4-5-13-19-17)16-11-9-15(10-12-16)14-6-2-1-3-7-14/h4-5,8-14H,1-3,6-7H2. The van der Waals surface area contributed by atoms with Crippen molar-refractivity contribution in [3.05, 3.63) is 65.5 Å². The summed E-state index contributed by atoms with van der Waals surface area (Å²) in [6, 6.07) is 13.6. The van der Waals surface area contributed by atoms with Gasteiger partial charge in [-0.15, -0.1) is 0 Å². The Kier molecular flexibility index (Phi) is 3.91. The number of hydrogen-bond acceptors (Lipinski definition) is 2. The number of nitrogens with zero attached hydrogens (tertiary/aromatic N) is 1. The van der Waals surface area contributed by atoms with Gasteiger partial charge in [0.2, 0.25) is 5.78 Å². The lowest BCUT2D eigenvalue weighted by molar-refractivity contribution is 0.103. The van der Waals surface area contributed by atoms with E-state index in [4.69, 9.17) is 0 Å². The number of aromatic nitrogens is 1. The van der Waals surface area contributed by atoms with Crippen LogP contribution in [0.2, 0.25) is 0 Å². The normalized spacial score (nSPS) is 16.0. The first-order valence-electron chi connectivity index (χ1n) is 7.40. The molecule has 1 aliphatic carbocycles. The number of carbonyl (C=O) groups excluding carboxylic acids is 1. The molecule has 20 heavy (non-hydrogen) atoms. The van der Waals surface area contributed by atoms with Crippen LogP contribution in [-0.2, 0) is 0 Å². The lowest BCUT2D eigenvalue weighted by Gasteiger charge is -2.22. The molecule has 1 aromatic heterocycles. The molecule has 0 saturated heterocycles. The molecular weight excluding hydrogens is 246 g/mol. The first-order chi connectivity index (χ1) is 9.84. The van der Waals surface area contributed by atoms with Crippen molar-refractivity contribution in [2.45, 2.75) is 38.0 Å². The molecule has 0 atom stereocenters. The second-order valence-electron chi connectivity index (χ2n) is 5.50. The molecular formula is C18H19NO. The Morgan fingerprint density at radius 2 is 1.70 bits per heavy atom. The molecule has 102 valence electrons. The van der Waals surface area contributed by atoms with E-state index in [1.807, 2.05) is 24.3 Å².